The maximum absolute atomic E-state index is 6.21. The quantitative estimate of drug-likeness (QED) is 0.932. The van der Waals surface area contributed by atoms with E-state index in [-0.39, 0.29) is 12.1 Å². The number of benzene rings is 1. The summed E-state index contributed by atoms with van der Waals surface area (Å²) in [7, 11) is 1.67. The van der Waals surface area contributed by atoms with Crippen molar-refractivity contribution in [2.75, 3.05) is 7.11 Å². The third-order valence-electron chi connectivity index (χ3n) is 3.91. The van der Waals surface area contributed by atoms with Crippen molar-refractivity contribution in [2.24, 2.45) is 5.73 Å². The van der Waals surface area contributed by atoms with Crippen LogP contribution in [0.25, 0.3) is 0 Å². The fourth-order valence-electron chi connectivity index (χ4n) is 2.48. The average Bonchev–Trinajstić information content (AvgIpc) is 2.67. The summed E-state index contributed by atoms with van der Waals surface area (Å²) in [5.41, 5.74) is 10.8. The second kappa shape index (κ2) is 5.67. The number of rotatable bonds is 4. The van der Waals surface area contributed by atoms with Gasteiger partial charge in [0.2, 0.25) is 0 Å². The molecular formula is C16H23N3O. The van der Waals surface area contributed by atoms with Crippen LogP contribution in [0.4, 0.5) is 0 Å². The Morgan fingerprint density at radius 1 is 1.15 bits per heavy atom. The molecule has 0 amide bonds. The maximum Gasteiger partial charge on any atom is 0.118 e. The van der Waals surface area contributed by atoms with E-state index in [0.717, 1.165) is 17.0 Å². The number of nitrogens with zero attached hydrogens (tertiary/aromatic N) is 2. The molecule has 4 heteroatoms. The lowest BCUT2D eigenvalue weighted by Gasteiger charge is -2.23. The van der Waals surface area contributed by atoms with Crippen LogP contribution >= 0.6 is 0 Å². The summed E-state index contributed by atoms with van der Waals surface area (Å²) in [4.78, 5) is 0. The van der Waals surface area contributed by atoms with Crippen molar-refractivity contribution >= 4 is 0 Å². The highest BCUT2D eigenvalue weighted by Gasteiger charge is 2.22. The first-order chi connectivity index (χ1) is 9.45. The topological polar surface area (TPSA) is 53.1 Å². The molecule has 0 saturated heterocycles. The van der Waals surface area contributed by atoms with Gasteiger partial charge in [-0.2, -0.15) is 5.10 Å². The van der Waals surface area contributed by atoms with Crippen LogP contribution in [0, 0.1) is 20.8 Å². The van der Waals surface area contributed by atoms with Crippen molar-refractivity contribution < 1.29 is 4.74 Å². The molecule has 20 heavy (non-hydrogen) atoms. The van der Waals surface area contributed by atoms with E-state index in [2.05, 4.69) is 31.1 Å². The summed E-state index contributed by atoms with van der Waals surface area (Å²) in [6.45, 7) is 8.24. The van der Waals surface area contributed by atoms with Gasteiger partial charge in [-0.3, -0.25) is 4.68 Å². The Morgan fingerprint density at radius 3 is 2.15 bits per heavy atom. The number of aryl methyl sites for hydroxylation is 1. The Morgan fingerprint density at radius 2 is 1.75 bits per heavy atom. The van der Waals surface area contributed by atoms with E-state index in [1.807, 2.05) is 30.7 Å². The van der Waals surface area contributed by atoms with E-state index in [0.29, 0.717) is 0 Å². The Bertz CT molecular complexity index is 585. The van der Waals surface area contributed by atoms with E-state index >= 15 is 0 Å². The molecule has 0 fully saturated rings. The highest BCUT2D eigenvalue weighted by Crippen LogP contribution is 2.26. The molecule has 0 bridgehead atoms. The Labute approximate surface area is 120 Å². The summed E-state index contributed by atoms with van der Waals surface area (Å²) in [6.07, 6.45) is 0. The van der Waals surface area contributed by atoms with Gasteiger partial charge in [-0.15, -0.1) is 0 Å². The van der Waals surface area contributed by atoms with Crippen LogP contribution in [0.5, 0.6) is 5.75 Å². The van der Waals surface area contributed by atoms with Gasteiger partial charge >= 0.3 is 0 Å². The minimum absolute atomic E-state index is 0.0270. The predicted molar refractivity (Wildman–Crippen MR) is 81.2 cm³/mol. The molecule has 1 heterocycles. The summed E-state index contributed by atoms with van der Waals surface area (Å²) in [6, 6.07) is 8.04. The van der Waals surface area contributed by atoms with E-state index in [1.54, 1.807) is 7.11 Å². The van der Waals surface area contributed by atoms with Crippen LogP contribution in [0.1, 0.15) is 35.5 Å². The SMILES string of the molecule is COc1ccc(C(C(C)N)n2nc(C)c(C)c2C)cc1. The zero-order chi connectivity index (χ0) is 14.9. The van der Waals surface area contributed by atoms with Crippen LogP contribution < -0.4 is 10.5 Å². The third-order valence-corrected chi connectivity index (χ3v) is 3.91. The van der Waals surface area contributed by atoms with E-state index < -0.39 is 0 Å². The summed E-state index contributed by atoms with van der Waals surface area (Å²) >= 11 is 0. The van der Waals surface area contributed by atoms with Gasteiger partial charge in [-0.25, -0.2) is 0 Å². The van der Waals surface area contributed by atoms with Crippen molar-refractivity contribution in [3.8, 4) is 5.75 Å². The Hall–Kier alpha value is -1.81. The molecule has 1 aromatic heterocycles. The number of hydrogen-bond acceptors (Lipinski definition) is 3. The van der Waals surface area contributed by atoms with Gasteiger partial charge in [0.15, 0.2) is 0 Å². The normalized spacial score (nSPS) is 14.1. The third kappa shape index (κ3) is 2.56. The van der Waals surface area contributed by atoms with E-state index in [4.69, 9.17) is 10.5 Å². The van der Waals surface area contributed by atoms with E-state index in [1.165, 1.54) is 11.3 Å². The van der Waals surface area contributed by atoms with Crippen LogP contribution in [0.3, 0.4) is 0 Å². The molecule has 1 aromatic carbocycles. The van der Waals surface area contributed by atoms with Crippen LogP contribution in [-0.2, 0) is 0 Å². The van der Waals surface area contributed by atoms with Crippen molar-refractivity contribution in [2.45, 2.75) is 39.8 Å². The zero-order valence-electron chi connectivity index (χ0n) is 12.8. The predicted octanol–water partition coefficient (Wildman–Crippen LogP) is 2.75. The molecule has 0 aliphatic heterocycles. The van der Waals surface area contributed by atoms with Crippen LogP contribution in [0.15, 0.2) is 24.3 Å². The zero-order valence-corrected chi connectivity index (χ0v) is 12.8. The molecule has 0 aliphatic carbocycles. The van der Waals surface area contributed by atoms with Crippen molar-refractivity contribution in [3.63, 3.8) is 0 Å². The molecule has 2 aromatic rings. The molecule has 0 saturated carbocycles. The molecule has 2 atom stereocenters. The molecule has 2 rings (SSSR count). The molecular weight excluding hydrogens is 250 g/mol. The lowest BCUT2D eigenvalue weighted by atomic mass is 10.0. The lowest BCUT2D eigenvalue weighted by Crippen LogP contribution is -2.31. The van der Waals surface area contributed by atoms with Gasteiger partial charge < -0.3 is 10.5 Å². The van der Waals surface area contributed by atoms with Gasteiger partial charge in [0.25, 0.3) is 0 Å². The molecule has 4 nitrogen and oxygen atoms in total. The first kappa shape index (κ1) is 14.6. The minimum Gasteiger partial charge on any atom is -0.497 e. The van der Waals surface area contributed by atoms with Crippen LogP contribution in [0.2, 0.25) is 0 Å². The monoisotopic (exact) mass is 273 g/mol. The molecule has 0 spiro atoms. The molecule has 2 N–H and O–H groups in total. The second-order valence-electron chi connectivity index (χ2n) is 5.32. The summed E-state index contributed by atoms with van der Waals surface area (Å²) in [5, 5.41) is 4.66. The average molecular weight is 273 g/mol. The molecule has 0 aliphatic rings. The lowest BCUT2D eigenvalue weighted by molar-refractivity contribution is 0.412. The number of methoxy groups -OCH3 is 1. The smallest absolute Gasteiger partial charge is 0.118 e. The van der Waals surface area contributed by atoms with Crippen molar-refractivity contribution in [1.82, 2.24) is 9.78 Å². The highest BCUT2D eigenvalue weighted by molar-refractivity contribution is 5.32. The first-order valence-electron chi connectivity index (χ1n) is 6.87. The van der Waals surface area contributed by atoms with Crippen LogP contribution in [-0.4, -0.2) is 22.9 Å². The molecule has 2 unspecified atom stereocenters. The first-order valence-corrected chi connectivity index (χ1v) is 6.87. The molecule has 108 valence electrons. The highest BCUT2D eigenvalue weighted by atomic mass is 16.5. The minimum atomic E-state index is -0.0270. The summed E-state index contributed by atoms with van der Waals surface area (Å²) < 4.78 is 7.25. The number of nitrogens with two attached hydrogens (primary N) is 1. The largest absolute Gasteiger partial charge is 0.497 e. The van der Waals surface area contributed by atoms with Gasteiger partial charge in [-0.1, -0.05) is 12.1 Å². The second-order valence-corrected chi connectivity index (χ2v) is 5.32. The molecule has 0 radical (unpaired) electrons. The number of aromatic nitrogens is 2. The Kier molecular flexibility index (Phi) is 4.14. The standard InChI is InChI=1S/C16H23N3O/c1-10-12(3)18-19(13(10)4)16(11(2)17)14-6-8-15(20-5)9-7-14/h6-9,11,16H,17H2,1-5H3. The van der Waals surface area contributed by atoms with Crippen molar-refractivity contribution in [3.05, 3.63) is 46.8 Å². The van der Waals surface area contributed by atoms with Gasteiger partial charge in [0.05, 0.1) is 18.8 Å². The number of hydrogen-bond donors (Lipinski definition) is 1. The Balaban J connectivity index is 2.47. The van der Waals surface area contributed by atoms with Gasteiger partial charge in [0, 0.05) is 11.7 Å². The van der Waals surface area contributed by atoms with E-state index in [9.17, 15) is 0 Å². The fourth-order valence-corrected chi connectivity index (χ4v) is 2.48. The van der Waals surface area contributed by atoms with Crippen molar-refractivity contribution in [1.29, 1.82) is 0 Å². The summed E-state index contributed by atoms with van der Waals surface area (Å²) in [5.74, 6) is 0.849. The number of ether oxygens (including phenoxy) is 1. The maximum atomic E-state index is 6.21. The van der Waals surface area contributed by atoms with Gasteiger partial charge in [-0.05, 0) is 51.0 Å². The fraction of sp³-hybridized carbons (Fsp3) is 0.438. The van der Waals surface area contributed by atoms with Gasteiger partial charge in [0.1, 0.15) is 5.75 Å².